The number of hydrogen-bond acceptors (Lipinski definition) is 3. The standard InChI is InChI=1S/C11H14O3/c1-7(2)10(13)5-8-3-4-9(12)11(14)6-8/h3-4,6-7,12,14H,5H2,1-2H3. The predicted molar refractivity (Wildman–Crippen MR) is 53.3 cm³/mol. The third kappa shape index (κ3) is 2.49. The van der Waals surface area contributed by atoms with Gasteiger partial charge in [-0.2, -0.15) is 0 Å². The van der Waals surface area contributed by atoms with Gasteiger partial charge < -0.3 is 10.2 Å². The summed E-state index contributed by atoms with van der Waals surface area (Å²) < 4.78 is 0. The van der Waals surface area contributed by atoms with E-state index in [1.54, 1.807) is 6.07 Å². The van der Waals surface area contributed by atoms with Crippen molar-refractivity contribution < 1.29 is 15.0 Å². The second kappa shape index (κ2) is 4.13. The molecule has 76 valence electrons. The minimum absolute atomic E-state index is 0.00838. The van der Waals surface area contributed by atoms with Gasteiger partial charge in [0.15, 0.2) is 11.5 Å². The van der Waals surface area contributed by atoms with Crippen LogP contribution in [-0.4, -0.2) is 16.0 Å². The maximum absolute atomic E-state index is 11.4. The fraction of sp³-hybridized carbons (Fsp3) is 0.364. The van der Waals surface area contributed by atoms with Gasteiger partial charge in [0.25, 0.3) is 0 Å². The quantitative estimate of drug-likeness (QED) is 0.722. The number of hydrogen-bond donors (Lipinski definition) is 2. The van der Waals surface area contributed by atoms with Gasteiger partial charge in [-0.25, -0.2) is 0 Å². The Morgan fingerprint density at radius 3 is 2.43 bits per heavy atom. The molecule has 0 aromatic heterocycles. The minimum atomic E-state index is -0.181. The molecular formula is C11H14O3. The predicted octanol–water partition coefficient (Wildman–Crippen LogP) is 1.87. The molecule has 0 saturated heterocycles. The maximum Gasteiger partial charge on any atom is 0.157 e. The molecule has 1 aromatic carbocycles. The van der Waals surface area contributed by atoms with Crippen molar-refractivity contribution in [2.75, 3.05) is 0 Å². The molecule has 0 aliphatic carbocycles. The van der Waals surface area contributed by atoms with Crippen LogP contribution in [0.1, 0.15) is 19.4 Å². The number of rotatable bonds is 3. The van der Waals surface area contributed by atoms with E-state index < -0.39 is 0 Å². The van der Waals surface area contributed by atoms with Gasteiger partial charge in [-0.15, -0.1) is 0 Å². The zero-order chi connectivity index (χ0) is 10.7. The highest BCUT2D eigenvalue weighted by Crippen LogP contribution is 2.25. The van der Waals surface area contributed by atoms with E-state index in [1.807, 2.05) is 13.8 Å². The van der Waals surface area contributed by atoms with Crippen LogP contribution in [0.2, 0.25) is 0 Å². The number of benzene rings is 1. The maximum atomic E-state index is 11.4. The molecule has 1 aromatic rings. The monoisotopic (exact) mass is 194 g/mol. The Balaban J connectivity index is 2.78. The van der Waals surface area contributed by atoms with Crippen molar-refractivity contribution >= 4 is 5.78 Å². The van der Waals surface area contributed by atoms with Gasteiger partial charge in [0.1, 0.15) is 5.78 Å². The first-order valence-electron chi connectivity index (χ1n) is 4.54. The molecule has 0 aliphatic heterocycles. The molecule has 3 nitrogen and oxygen atoms in total. The topological polar surface area (TPSA) is 57.5 Å². The molecule has 0 fully saturated rings. The summed E-state index contributed by atoms with van der Waals surface area (Å²) in [7, 11) is 0. The number of phenolic OH excluding ortho intramolecular Hbond substituents is 2. The molecule has 0 amide bonds. The lowest BCUT2D eigenvalue weighted by atomic mass is 10.0. The SMILES string of the molecule is CC(C)C(=O)Cc1ccc(O)c(O)c1. The molecule has 3 heteroatoms. The summed E-state index contributed by atoms with van der Waals surface area (Å²) in [6, 6.07) is 4.43. The van der Waals surface area contributed by atoms with E-state index in [9.17, 15) is 9.90 Å². The average molecular weight is 194 g/mol. The van der Waals surface area contributed by atoms with Crippen LogP contribution in [0.4, 0.5) is 0 Å². The summed E-state index contributed by atoms with van der Waals surface area (Å²) in [5, 5.41) is 18.2. The third-order valence-corrected chi connectivity index (χ3v) is 2.06. The number of aromatic hydroxyl groups is 2. The van der Waals surface area contributed by atoms with E-state index in [-0.39, 0.29) is 23.2 Å². The minimum Gasteiger partial charge on any atom is -0.504 e. The Hall–Kier alpha value is -1.51. The van der Waals surface area contributed by atoms with E-state index in [4.69, 9.17) is 5.11 Å². The Bertz CT molecular complexity index is 342. The van der Waals surface area contributed by atoms with E-state index in [0.29, 0.717) is 6.42 Å². The van der Waals surface area contributed by atoms with Crippen molar-refractivity contribution in [2.45, 2.75) is 20.3 Å². The molecule has 0 heterocycles. The molecule has 0 aliphatic rings. The van der Waals surface area contributed by atoms with Crippen LogP contribution >= 0.6 is 0 Å². The van der Waals surface area contributed by atoms with Gasteiger partial charge in [0.2, 0.25) is 0 Å². The zero-order valence-electron chi connectivity index (χ0n) is 8.32. The summed E-state index contributed by atoms with van der Waals surface area (Å²) >= 11 is 0. The van der Waals surface area contributed by atoms with Crippen LogP contribution in [0.25, 0.3) is 0 Å². The van der Waals surface area contributed by atoms with Crippen LogP contribution in [0, 0.1) is 5.92 Å². The van der Waals surface area contributed by atoms with Crippen molar-refractivity contribution in [2.24, 2.45) is 5.92 Å². The van der Waals surface area contributed by atoms with Gasteiger partial charge in [0.05, 0.1) is 0 Å². The zero-order valence-corrected chi connectivity index (χ0v) is 8.32. The Kier molecular flexibility index (Phi) is 3.12. The van der Waals surface area contributed by atoms with Crippen LogP contribution in [0.15, 0.2) is 18.2 Å². The van der Waals surface area contributed by atoms with E-state index in [0.717, 1.165) is 5.56 Å². The summed E-state index contributed by atoms with van der Waals surface area (Å²) in [6.07, 6.45) is 0.297. The first kappa shape index (κ1) is 10.6. The van der Waals surface area contributed by atoms with Gasteiger partial charge in [0, 0.05) is 12.3 Å². The van der Waals surface area contributed by atoms with Gasteiger partial charge in [-0.3, -0.25) is 4.79 Å². The summed E-state index contributed by atoms with van der Waals surface area (Å²) in [5.74, 6) is -0.231. The smallest absolute Gasteiger partial charge is 0.157 e. The Labute approximate surface area is 83.0 Å². The molecule has 14 heavy (non-hydrogen) atoms. The molecule has 0 atom stereocenters. The fourth-order valence-corrected chi connectivity index (χ4v) is 1.08. The lowest BCUT2D eigenvalue weighted by Crippen LogP contribution is -2.09. The highest BCUT2D eigenvalue weighted by molar-refractivity contribution is 5.82. The van der Waals surface area contributed by atoms with Crippen molar-refractivity contribution in [3.05, 3.63) is 23.8 Å². The lowest BCUT2D eigenvalue weighted by molar-refractivity contribution is -0.121. The second-order valence-electron chi connectivity index (χ2n) is 3.62. The van der Waals surface area contributed by atoms with Crippen LogP contribution in [0.3, 0.4) is 0 Å². The van der Waals surface area contributed by atoms with Crippen LogP contribution in [-0.2, 0) is 11.2 Å². The van der Waals surface area contributed by atoms with Gasteiger partial charge >= 0.3 is 0 Å². The Morgan fingerprint density at radius 2 is 1.93 bits per heavy atom. The summed E-state index contributed by atoms with van der Waals surface area (Å²) in [4.78, 5) is 11.4. The highest BCUT2D eigenvalue weighted by Gasteiger charge is 2.09. The first-order valence-corrected chi connectivity index (χ1v) is 4.54. The largest absolute Gasteiger partial charge is 0.504 e. The molecule has 0 saturated carbocycles. The van der Waals surface area contributed by atoms with Gasteiger partial charge in [-0.1, -0.05) is 19.9 Å². The highest BCUT2D eigenvalue weighted by atomic mass is 16.3. The molecule has 1 rings (SSSR count). The first-order chi connectivity index (χ1) is 6.50. The number of carbonyl (C=O) groups is 1. The molecule has 0 radical (unpaired) electrons. The molecule has 0 spiro atoms. The average Bonchev–Trinajstić information content (AvgIpc) is 2.11. The number of phenols is 2. The summed E-state index contributed by atoms with van der Waals surface area (Å²) in [5.41, 5.74) is 0.721. The molecular weight excluding hydrogens is 180 g/mol. The van der Waals surface area contributed by atoms with E-state index in [2.05, 4.69) is 0 Å². The Morgan fingerprint density at radius 1 is 1.29 bits per heavy atom. The van der Waals surface area contributed by atoms with E-state index in [1.165, 1.54) is 12.1 Å². The number of carbonyl (C=O) groups excluding carboxylic acids is 1. The lowest BCUT2D eigenvalue weighted by Gasteiger charge is -2.05. The molecule has 0 bridgehead atoms. The van der Waals surface area contributed by atoms with E-state index >= 15 is 0 Å². The number of ketones is 1. The molecule has 2 N–H and O–H groups in total. The normalized spacial score (nSPS) is 10.5. The van der Waals surface area contributed by atoms with Crippen molar-refractivity contribution in [1.29, 1.82) is 0 Å². The van der Waals surface area contributed by atoms with Crippen molar-refractivity contribution in [3.63, 3.8) is 0 Å². The van der Waals surface area contributed by atoms with Crippen LogP contribution in [0.5, 0.6) is 11.5 Å². The van der Waals surface area contributed by atoms with Gasteiger partial charge in [-0.05, 0) is 17.7 Å². The van der Waals surface area contributed by atoms with Crippen molar-refractivity contribution in [1.82, 2.24) is 0 Å². The third-order valence-electron chi connectivity index (χ3n) is 2.06. The second-order valence-corrected chi connectivity index (χ2v) is 3.62. The number of Topliss-reactive ketones (excluding diaryl/α,β-unsaturated/α-hetero) is 1. The molecule has 0 unspecified atom stereocenters. The summed E-state index contributed by atoms with van der Waals surface area (Å²) in [6.45, 7) is 3.67. The van der Waals surface area contributed by atoms with Crippen LogP contribution < -0.4 is 0 Å². The fourth-order valence-electron chi connectivity index (χ4n) is 1.08. The van der Waals surface area contributed by atoms with Crippen molar-refractivity contribution in [3.8, 4) is 11.5 Å².